The molecule has 0 aromatic carbocycles. The Morgan fingerprint density at radius 3 is 2.67 bits per heavy atom. The van der Waals surface area contributed by atoms with Gasteiger partial charge in [0.05, 0.1) is 19.3 Å². The highest BCUT2D eigenvalue weighted by Gasteiger charge is 2.61. The van der Waals surface area contributed by atoms with Crippen LogP contribution in [0.25, 0.3) is 0 Å². The lowest BCUT2D eigenvalue weighted by Crippen LogP contribution is -2.53. The summed E-state index contributed by atoms with van der Waals surface area (Å²) in [5, 5.41) is 10.3. The summed E-state index contributed by atoms with van der Waals surface area (Å²) in [6.45, 7) is 7.28. The zero-order valence-corrected chi connectivity index (χ0v) is 19.7. The average Bonchev–Trinajstić information content (AvgIpc) is 3.09. The van der Waals surface area contributed by atoms with Gasteiger partial charge in [-0.1, -0.05) is 32.4 Å². The zero-order chi connectivity index (χ0) is 21.7. The van der Waals surface area contributed by atoms with E-state index < -0.39 is 0 Å². The smallest absolute Gasteiger partial charge is 0.305 e. The van der Waals surface area contributed by atoms with E-state index in [0.29, 0.717) is 36.0 Å². The first kappa shape index (κ1) is 22.3. The Morgan fingerprint density at radius 1 is 1.20 bits per heavy atom. The predicted octanol–water partition coefficient (Wildman–Crippen LogP) is 5.14. The van der Waals surface area contributed by atoms with E-state index in [2.05, 4.69) is 26.8 Å². The average molecular weight is 419 g/mol. The van der Waals surface area contributed by atoms with Gasteiger partial charge in [-0.15, -0.1) is 0 Å². The number of carbonyl (C=O) groups excluding carboxylic acids is 1. The van der Waals surface area contributed by atoms with E-state index >= 15 is 0 Å². The van der Waals surface area contributed by atoms with Crippen LogP contribution in [0.3, 0.4) is 0 Å². The summed E-state index contributed by atoms with van der Waals surface area (Å²) in [4.78, 5) is 11.7. The fourth-order valence-electron chi connectivity index (χ4n) is 8.41. The van der Waals surface area contributed by atoms with Crippen molar-refractivity contribution in [1.29, 1.82) is 0 Å². The van der Waals surface area contributed by atoms with Gasteiger partial charge in [0.2, 0.25) is 0 Å². The van der Waals surface area contributed by atoms with Crippen LogP contribution in [-0.2, 0) is 14.3 Å². The number of hydrogen-bond acceptors (Lipinski definition) is 4. The second-order valence-corrected chi connectivity index (χ2v) is 11.3. The minimum Gasteiger partial charge on any atom is -0.469 e. The molecular formula is C26H42O4. The Hall–Kier alpha value is -0.870. The van der Waals surface area contributed by atoms with Crippen LogP contribution in [-0.4, -0.2) is 37.5 Å². The van der Waals surface area contributed by atoms with Crippen molar-refractivity contribution in [3.63, 3.8) is 0 Å². The number of aliphatic hydroxyl groups is 1. The van der Waals surface area contributed by atoms with Crippen molar-refractivity contribution in [1.82, 2.24) is 0 Å². The van der Waals surface area contributed by atoms with Crippen LogP contribution in [0, 0.1) is 40.4 Å². The van der Waals surface area contributed by atoms with Crippen molar-refractivity contribution in [2.45, 2.75) is 90.8 Å². The summed E-state index contributed by atoms with van der Waals surface area (Å²) >= 11 is 0. The maximum absolute atomic E-state index is 11.7. The Bertz CT molecular complexity index is 687. The molecule has 0 aromatic rings. The van der Waals surface area contributed by atoms with Gasteiger partial charge in [0.25, 0.3) is 0 Å². The van der Waals surface area contributed by atoms with Gasteiger partial charge in [-0.2, -0.15) is 0 Å². The van der Waals surface area contributed by atoms with Gasteiger partial charge in [0.15, 0.2) is 0 Å². The monoisotopic (exact) mass is 418 g/mol. The van der Waals surface area contributed by atoms with Crippen molar-refractivity contribution in [2.75, 3.05) is 14.2 Å². The molecule has 30 heavy (non-hydrogen) atoms. The third kappa shape index (κ3) is 3.37. The van der Waals surface area contributed by atoms with Gasteiger partial charge < -0.3 is 14.6 Å². The number of carbonyl (C=O) groups is 1. The van der Waals surface area contributed by atoms with Crippen molar-refractivity contribution in [2.24, 2.45) is 40.4 Å². The van der Waals surface area contributed by atoms with E-state index in [4.69, 9.17) is 9.47 Å². The molecule has 0 saturated heterocycles. The van der Waals surface area contributed by atoms with E-state index in [-0.39, 0.29) is 29.0 Å². The lowest BCUT2D eigenvalue weighted by molar-refractivity contribution is -0.141. The molecule has 4 rings (SSSR count). The standard InChI is InChI=1S/C26H42O4/c1-16(6-11-24(28)30-5)20-9-10-21-19-8-7-17-14-18(27)12-13-25(17,2)22(19)15-23(29-4)26(20,21)3/h15-21,23,27H,6-14H2,1-5H3/t16?,17?,18-,19?,20?,21?,23+,25+,26-/m1/s1. The summed E-state index contributed by atoms with van der Waals surface area (Å²) in [6, 6.07) is 0. The predicted molar refractivity (Wildman–Crippen MR) is 118 cm³/mol. The van der Waals surface area contributed by atoms with E-state index in [1.54, 1.807) is 5.57 Å². The van der Waals surface area contributed by atoms with E-state index in [1.165, 1.54) is 32.8 Å². The highest BCUT2D eigenvalue weighted by atomic mass is 16.5. The molecule has 0 spiro atoms. The molecule has 3 fully saturated rings. The van der Waals surface area contributed by atoms with Gasteiger partial charge in [-0.25, -0.2) is 0 Å². The Labute approximate surface area is 182 Å². The van der Waals surface area contributed by atoms with Crippen LogP contribution in [0.15, 0.2) is 11.6 Å². The van der Waals surface area contributed by atoms with Crippen molar-refractivity contribution in [3.05, 3.63) is 11.6 Å². The molecule has 4 nitrogen and oxygen atoms in total. The molecule has 1 N–H and O–H groups in total. The van der Waals surface area contributed by atoms with Crippen molar-refractivity contribution >= 4 is 5.97 Å². The van der Waals surface area contributed by atoms with Crippen LogP contribution < -0.4 is 0 Å². The van der Waals surface area contributed by atoms with Gasteiger partial charge >= 0.3 is 5.97 Å². The topological polar surface area (TPSA) is 55.8 Å². The second kappa shape index (κ2) is 8.24. The summed E-state index contributed by atoms with van der Waals surface area (Å²) in [6.07, 6.45) is 12.0. The number of rotatable bonds is 5. The molecule has 4 heteroatoms. The number of hydrogen-bond donors (Lipinski definition) is 1. The summed E-state index contributed by atoms with van der Waals surface area (Å²) in [7, 11) is 3.36. The molecule has 0 heterocycles. The molecule has 4 aliphatic carbocycles. The molecule has 0 aliphatic heterocycles. The highest BCUT2D eigenvalue weighted by Crippen LogP contribution is 2.66. The quantitative estimate of drug-likeness (QED) is 0.496. The van der Waals surface area contributed by atoms with Crippen molar-refractivity contribution < 1.29 is 19.4 Å². The van der Waals surface area contributed by atoms with E-state index in [9.17, 15) is 9.90 Å². The third-order valence-corrected chi connectivity index (χ3v) is 10.1. The van der Waals surface area contributed by atoms with Gasteiger partial charge in [-0.05, 0) is 86.4 Å². The molecule has 170 valence electrons. The van der Waals surface area contributed by atoms with Crippen molar-refractivity contribution in [3.8, 4) is 0 Å². The number of esters is 1. The maximum atomic E-state index is 11.7. The van der Waals surface area contributed by atoms with Gasteiger partial charge in [-0.3, -0.25) is 4.79 Å². The van der Waals surface area contributed by atoms with Crippen LogP contribution in [0.5, 0.6) is 0 Å². The number of ether oxygens (including phenoxy) is 2. The zero-order valence-electron chi connectivity index (χ0n) is 19.7. The second-order valence-electron chi connectivity index (χ2n) is 11.3. The van der Waals surface area contributed by atoms with Crippen LogP contribution >= 0.6 is 0 Å². The molecular weight excluding hydrogens is 376 g/mol. The molecule has 5 unspecified atom stereocenters. The summed E-state index contributed by atoms with van der Waals surface area (Å²) in [5.74, 6) is 2.91. The first-order valence-electron chi connectivity index (χ1n) is 12.3. The Kier molecular flexibility index (Phi) is 6.13. The molecule has 4 aliphatic rings. The minimum absolute atomic E-state index is 0.0959. The molecule has 0 radical (unpaired) electrons. The third-order valence-electron chi connectivity index (χ3n) is 10.1. The van der Waals surface area contributed by atoms with E-state index in [0.717, 1.165) is 25.7 Å². The number of allylic oxidation sites excluding steroid dienone is 1. The first-order chi connectivity index (χ1) is 14.3. The maximum Gasteiger partial charge on any atom is 0.305 e. The fourth-order valence-corrected chi connectivity index (χ4v) is 8.41. The van der Waals surface area contributed by atoms with Gasteiger partial charge in [0, 0.05) is 18.9 Å². The lowest BCUT2D eigenvalue weighted by Gasteiger charge is -2.58. The SMILES string of the molecule is COC(=O)CCC(C)C1CCC2C3CCC4C[C@H](O)CC[C@]4(C)C3=C[C@H](OC)[C@]12C. The number of fused-ring (bicyclic) bond motifs is 5. The van der Waals surface area contributed by atoms with E-state index in [1.807, 2.05) is 7.11 Å². The molecule has 0 amide bonds. The normalized spacial score (nSPS) is 46.3. The molecule has 0 bridgehead atoms. The highest BCUT2D eigenvalue weighted by molar-refractivity contribution is 5.69. The molecule has 0 aromatic heterocycles. The van der Waals surface area contributed by atoms with Crippen LogP contribution in [0.4, 0.5) is 0 Å². The number of aliphatic hydroxyl groups excluding tert-OH is 1. The minimum atomic E-state index is -0.112. The lowest BCUT2D eigenvalue weighted by atomic mass is 9.47. The first-order valence-corrected chi connectivity index (χ1v) is 12.3. The van der Waals surface area contributed by atoms with Crippen LogP contribution in [0.1, 0.15) is 78.6 Å². The Morgan fingerprint density at radius 2 is 1.97 bits per heavy atom. The largest absolute Gasteiger partial charge is 0.469 e. The fraction of sp³-hybridized carbons (Fsp3) is 0.885. The molecule has 3 saturated carbocycles. The van der Waals surface area contributed by atoms with Crippen LogP contribution in [0.2, 0.25) is 0 Å². The summed E-state index contributed by atoms with van der Waals surface area (Å²) < 4.78 is 11.1. The number of methoxy groups -OCH3 is 2. The molecule has 9 atom stereocenters. The summed E-state index contributed by atoms with van der Waals surface area (Å²) in [5.41, 5.74) is 2.02. The Balaban J connectivity index is 1.63. The van der Waals surface area contributed by atoms with Gasteiger partial charge in [0.1, 0.15) is 0 Å².